The van der Waals surface area contributed by atoms with Crippen LogP contribution in [-0.2, 0) is 11.3 Å². The Hall–Kier alpha value is -3.53. The Morgan fingerprint density at radius 2 is 2.06 bits per heavy atom. The summed E-state index contributed by atoms with van der Waals surface area (Å²) in [6.07, 6.45) is 5.02. The van der Waals surface area contributed by atoms with Crippen LogP contribution in [0.4, 0.5) is 4.39 Å². The maximum absolute atomic E-state index is 13.2. The third-order valence-electron chi connectivity index (χ3n) is 5.08. The summed E-state index contributed by atoms with van der Waals surface area (Å²) in [5, 5.41) is 8.05. The lowest BCUT2D eigenvalue weighted by Gasteiger charge is -2.13. The van der Waals surface area contributed by atoms with Gasteiger partial charge < -0.3 is 5.32 Å². The first-order chi connectivity index (χ1) is 15.1. The van der Waals surface area contributed by atoms with Gasteiger partial charge in [0.1, 0.15) is 11.2 Å². The number of hydrogen-bond acceptors (Lipinski definition) is 6. The molecule has 0 fully saturated rings. The highest BCUT2D eigenvalue weighted by Crippen LogP contribution is 2.33. The molecule has 0 spiro atoms. The number of halogens is 1. The number of carbonyl (C=O) groups is 1. The van der Waals surface area contributed by atoms with E-state index < -0.39 is 0 Å². The summed E-state index contributed by atoms with van der Waals surface area (Å²) in [6, 6.07) is 9.24. The van der Waals surface area contributed by atoms with Gasteiger partial charge in [-0.1, -0.05) is 17.8 Å². The van der Waals surface area contributed by atoms with Crippen molar-refractivity contribution in [3.8, 4) is 5.69 Å². The summed E-state index contributed by atoms with van der Waals surface area (Å²) in [7, 11) is 0. The Bertz CT molecular complexity index is 1320. The molecule has 1 aromatic carbocycles. The molecule has 1 aliphatic rings. The normalized spacial score (nSPS) is 15.2. The number of nitrogens with one attached hydrogen (secondary N) is 1. The van der Waals surface area contributed by atoms with Crippen molar-refractivity contribution in [1.82, 2.24) is 29.6 Å². The third-order valence-corrected chi connectivity index (χ3v) is 6.17. The van der Waals surface area contributed by atoms with Gasteiger partial charge in [0.2, 0.25) is 5.91 Å². The van der Waals surface area contributed by atoms with E-state index in [4.69, 9.17) is 0 Å². The minimum absolute atomic E-state index is 0.142. The Kier molecular flexibility index (Phi) is 4.99. The largest absolute Gasteiger partial charge is 0.352 e. The molecular weight excluding hydrogens is 419 g/mol. The zero-order valence-corrected chi connectivity index (χ0v) is 17.1. The molecule has 10 heteroatoms. The number of amides is 1. The number of thioether (sulfide) groups is 1. The minimum Gasteiger partial charge on any atom is -0.352 e. The Morgan fingerprint density at radius 3 is 2.84 bits per heavy atom. The standard InChI is InChI=1S/C21H17FN6O2S/c22-14-3-5-15(6-4-14)28-19-17(11-25-28)20(30)27-16(12-31-21(27)26-19)8-18(29)24-10-13-2-1-7-23-9-13/h1-7,9,11,16H,8,10,12H2,(H,24,29)/t16-/m0/s1. The van der Waals surface area contributed by atoms with Gasteiger partial charge in [-0.2, -0.15) is 5.10 Å². The average molecular weight is 436 g/mol. The zero-order valence-electron chi connectivity index (χ0n) is 16.2. The fourth-order valence-electron chi connectivity index (χ4n) is 3.54. The summed E-state index contributed by atoms with van der Waals surface area (Å²) in [4.78, 5) is 34.2. The summed E-state index contributed by atoms with van der Waals surface area (Å²) < 4.78 is 16.3. The number of pyridine rings is 1. The third kappa shape index (κ3) is 3.70. The van der Waals surface area contributed by atoms with Crippen LogP contribution in [0.2, 0.25) is 0 Å². The molecule has 0 bridgehead atoms. The van der Waals surface area contributed by atoms with E-state index in [9.17, 15) is 14.0 Å². The fraction of sp³-hybridized carbons (Fsp3) is 0.190. The highest BCUT2D eigenvalue weighted by Gasteiger charge is 2.29. The van der Waals surface area contributed by atoms with E-state index in [1.165, 1.54) is 34.8 Å². The number of fused-ring (bicyclic) bond motifs is 2. The minimum atomic E-state index is -0.352. The molecule has 0 unspecified atom stereocenters. The molecular formula is C21H17FN6O2S. The van der Waals surface area contributed by atoms with Crippen LogP contribution >= 0.6 is 11.8 Å². The van der Waals surface area contributed by atoms with Gasteiger partial charge in [0.25, 0.3) is 5.56 Å². The molecule has 156 valence electrons. The van der Waals surface area contributed by atoms with E-state index in [-0.39, 0.29) is 29.7 Å². The Morgan fingerprint density at radius 1 is 1.23 bits per heavy atom. The van der Waals surface area contributed by atoms with Crippen molar-refractivity contribution in [2.75, 3.05) is 5.75 Å². The first kappa shape index (κ1) is 19.4. The predicted octanol–water partition coefficient (Wildman–Crippen LogP) is 2.47. The molecule has 1 atom stereocenters. The van der Waals surface area contributed by atoms with Crippen molar-refractivity contribution in [3.05, 3.63) is 76.7 Å². The van der Waals surface area contributed by atoms with E-state index in [2.05, 4.69) is 20.4 Å². The van der Waals surface area contributed by atoms with E-state index in [0.29, 0.717) is 34.2 Å². The van der Waals surface area contributed by atoms with Gasteiger partial charge in [-0.25, -0.2) is 14.1 Å². The molecule has 0 radical (unpaired) electrons. The molecule has 4 heterocycles. The second kappa shape index (κ2) is 7.95. The number of rotatable bonds is 5. The second-order valence-corrected chi connectivity index (χ2v) is 8.13. The van der Waals surface area contributed by atoms with Crippen molar-refractivity contribution in [2.24, 2.45) is 0 Å². The maximum atomic E-state index is 13.2. The van der Waals surface area contributed by atoms with Crippen LogP contribution in [0.5, 0.6) is 0 Å². The van der Waals surface area contributed by atoms with Crippen molar-refractivity contribution in [3.63, 3.8) is 0 Å². The van der Waals surface area contributed by atoms with Gasteiger partial charge in [0.05, 0.1) is 17.9 Å². The van der Waals surface area contributed by atoms with Gasteiger partial charge in [0.15, 0.2) is 10.8 Å². The van der Waals surface area contributed by atoms with Crippen molar-refractivity contribution in [2.45, 2.75) is 24.2 Å². The van der Waals surface area contributed by atoms with E-state index in [0.717, 1.165) is 5.56 Å². The number of benzene rings is 1. The number of aromatic nitrogens is 5. The van der Waals surface area contributed by atoms with Gasteiger partial charge >= 0.3 is 0 Å². The predicted molar refractivity (Wildman–Crippen MR) is 114 cm³/mol. The molecule has 5 rings (SSSR count). The van der Waals surface area contributed by atoms with E-state index in [1.54, 1.807) is 29.1 Å². The Balaban J connectivity index is 1.39. The van der Waals surface area contributed by atoms with Gasteiger partial charge in [-0.3, -0.25) is 19.1 Å². The van der Waals surface area contributed by atoms with Gasteiger partial charge in [-0.15, -0.1) is 0 Å². The van der Waals surface area contributed by atoms with Crippen molar-refractivity contribution < 1.29 is 9.18 Å². The molecule has 1 N–H and O–H groups in total. The molecule has 0 saturated heterocycles. The number of hydrogen-bond donors (Lipinski definition) is 1. The lowest BCUT2D eigenvalue weighted by atomic mass is 10.2. The molecule has 1 amide bonds. The number of nitrogens with zero attached hydrogens (tertiary/aromatic N) is 5. The first-order valence-corrected chi connectivity index (χ1v) is 10.6. The smallest absolute Gasteiger partial charge is 0.265 e. The molecule has 0 aliphatic carbocycles. The lowest BCUT2D eigenvalue weighted by molar-refractivity contribution is -0.121. The van der Waals surface area contributed by atoms with Crippen LogP contribution in [0.1, 0.15) is 18.0 Å². The van der Waals surface area contributed by atoms with Crippen molar-refractivity contribution in [1.29, 1.82) is 0 Å². The summed E-state index contributed by atoms with van der Waals surface area (Å²) in [5.74, 6) is 0.0877. The van der Waals surface area contributed by atoms with Crippen LogP contribution in [0.3, 0.4) is 0 Å². The zero-order chi connectivity index (χ0) is 21.4. The van der Waals surface area contributed by atoms with Crippen LogP contribution in [0.15, 0.2) is 64.9 Å². The highest BCUT2D eigenvalue weighted by atomic mass is 32.2. The van der Waals surface area contributed by atoms with Crippen LogP contribution in [0, 0.1) is 5.82 Å². The first-order valence-electron chi connectivity index (χ1n) is 9.65. The molecule has 4 aromatic rings. The van der Waals surface area contributed by atoms with Crippen LogP contribution in [0.25, 0.3) is 16.7 Å². The molecule has 31 heavy (non-hydrogen) atoms. The van der Waals surface area contributed by atoms with Crippen LogP contribution in [-0.4, -0.2) is 36.0 Å². The molecule has 3 aromatic heterocycles. The van der Waals surface area contributed by atoms with E-state index >= 15 is 0 Å². The Labute approximate surface area is 180 Å². The average Bonchev–Trinajstić information content (AvgIpc) is 3.39. The quantitative estimate of drug-likeness (QED) is 0.483. The second-order valence-electron chi connectivity index (χ2n) is 7.15. The van der Waals surface area contributed by atoms with E-state index in [1.807, 2.05) is 12.1 Å². The molecule has 1 aliphatic heterocycles. The lowest BCUT2D eigenvalue weighted by Crippen LogP contribution is -2.30. The molecule has 8 nitrogen and oxygen atoms in total. The summed E-state index contributed by atoms with van der Waals surface area (Å²) >= 11 is 1.43. The maximum Gasteiger partial charge on any atom is 0.265 e. The SMILES string of the molecule is O=C(C[C@H]1CSc2nc3c(cnn3-c3ccc(F)cc3)c(=O)n21)NCc1cccnc1. The van der Waals surface area contributed by atoms with Gasteiger partial charge in [-0.05, 0) is 35.9 Å². The van der Waals surface area contributed by atoms with Crippen LogP contribution < -0.4 is 10.9 Å². The summed E-state index contributed by atoms with van der Waals surface area (Å²) in [5.41, 5.74) is 1.70. The summed E-state index contributed by atoms with van der Waals surface area (Å²) in [6.45, 7) is 0.385. The molecule has 0 saturated carbocycles. The topological polar surface area (TPSA) is 94.7 Å². The fourth-order valence-corrected chi connectivity index (χ4v) is 4.67. The highest BCUT2D eigenvalue weighted by molar-refractivity contribution is 7.99. The van der Waals surface area contributed by atoms with Gasteiger partial charge in [0, 0.05) is 31.1 Å². The number of carbonyl (C=O) groups excluding carboxylic acids is 1. The monoisotopic (exact) mass is 436 g/mol. The van der Waals surface area contributed by atoms with Crippen molar-refractivity contribution >= 4 is 28.7 Å².